The zero-order valence-electron chi connectivity index (χ0n) is 8.79. The van der Waals surface area contributed by atoms with Crippen molar-refractivity contribution in [3.8, 4) is 0 Å². The summed E-state index contributed by atoms with van der Waals surface area (Å²) in [6.07, 6.45) is 1.87. The number of aryl methyl sites for hydroxylation is 1. The number of carbonyl (C=O) groups is 1. The fraction of sp³-hybridized carbons (Fsp3) is 0.273. The Bertz CT molecular complexity index is 430. The Balaban J connectivity index is 2.03. The lowest BCUT2D eigenvalue weighted by Gasteiger charge is -2.14. The zero-order valence-corrected chi connectivity index (χ0v) is 8.79. The molecule has 0 fully saturated rings. The van der Waals surface area contributed by atoms with Crippen LogP contribution < -0.4 is 16.4 Å². The fourth-order valence-electron chi connectivity index (χ4n) is 2.02. The Kier molecular flexibility index (Phi) is 2.76. The molecule has 16 heavy (non-hydrogen) atoms. The van der Waals surface area contributed by atoms with E-state index in [1.807, 2.05) is 18.2 Å². The van der Waals surface area contributed by atoms with Gasteiger partial charge >= 0.3 is 6.03 Å². The van der Waals surface area contributed by atoms with Gasteiger partial charge in [0.15, 0.2) is 5.96 Å². The number of benzene rings is 1. The van der Waals surface area contributed by atoms with Crippen LogP contribution >= 0.6 is 0 Å². The maximum atomic E-state index is 11.4. The van der Waals surface area contributed by atoms with E-state index in [1.165, 1.54) is 5.56 Å². The van der Waals surface area contributed by atoms with E-state index in [0.29, 0.717) is 0 Å². The van der Waals surface area contributed by atoms with Crippen LogP contribution in [0.5, 0.6) is 0 Å². The van der Waals surface area contributed by atoms with Crippen LogP contribution in [0.4, 0.5) is 4.79 Å². The maximum absolute atomic E-state index is 11.4. The summed E-state index contributed by atoms with van der Waals surface area (Å²) in [7, 11) is 0. The monoisotopic (exact) mass is 218 g/mol. The molecule has 0 spiro atoms. The molecule has 1 unspecified atom stereocenters. The van der Waals surface area contributed by atoms with Gasteiger partial charge in [-0.1, -0.05) is 24.3 Å². The summed E-state index contributed by atoms with van der Waals surface area (Å²) in [5.41, 5.74) is 7.50. The molecule has 0 saturated heterocycles. The van der Waals surface area contributed by atoms with Crippen molar-refractivity contribution in [2.75, 3.05) is 0 Å². The Morgan fingerprint density at radius 3 is 2.94 bits per heavy atom. The van der Waals surface area contributed by atoms with Gasteiger partial charge in [-0.05, 0) is 24.0 Å². The van der Waals surface area contributed by atoms with Crippen molar-refractivity contribution in [1.29, 1.82) is 5.41 Å². The minimum absolute atomic E-state index is 0.0237. The van der Waals surface area contributed by atoms with Crippen LogP contribution in [0, 0.1) is 5.41 Å². The number of hydrogen-bond acceptors (Lipinski definition) is 2. The van der Waals surface area contributed by atoms with E-state index in [9.17, 15) is 4.79 Å². The summed E-state index contributed by atoms with van der Waals surface area (Å²) in [5, 5.41) is 12.0. The van der Waals surface area contributed by atoms with Crippen LogP contribution in [0.25, 0.3) is 0 Å². The van der Waals surface area contributed by atoms with Gasteiger partial charge in [0.05, 0.1) is 6.04 Å². The maximum Gasteiger partial charge on any atom is 0.322 e. The molecule has 1 aromatic carbocycles. The Labute approximate surface area is 93.5 Å². The molecule has 5 heteroatoms. The summed E-state index contributed by atoms with van der Waals surface area (Å²) in [5.74, 6) is -0.344. The number of urea groups is 1. The molecule has 2 amide bonds. The van der Waals surface area contributed by atoms with Crippen molar-refractivity contribution < 1.29 is 4.79 Å². The van der Waals surface area contributed by atoms with E-state index in [2.05, 4.69) is 16.7 Å². The van der Waals surface area contributed by atoms with Crippen molar-refractivity contribution in [1.82, 2.24) is 10.6 Å². The van der Waals surface area contributed by atoms with Gasteiger partial charge in [0.25, 0.3) is 0 Å². The molecule has 0 radical (unpaired) electrons. The van der Waals surface area contributed by atoms with Gasteiger partial charge in [-0.25, -0.2) is 4.79 Å². The second kappa shape index (κ2) is 4.22. The van der Waals surface area contributed by atoms with Gasteiger partial charge < -0.3 is 11.1 Å². The standard InChI is InChI=1S/C11H14N4O/c12-10(13)15-11(16)14-9-6-5-7-3-1-2-4-8(7)9/h1-4,9H,5-6H2,(H5,12,13,14,15,16). The molecule has 5 N–H and O–H groups in total. The van der Waals surface area contributed by atoms with Crippen molar-refractivity contribution in [3.05, 3.63) is 35.4 Å². The number of rotatable bonds is 1. The Hall–Kier alpha value is -2.04. The average molecular weight is 218 g/mol. The van der Waals surface area contributed by atoms with Crippen molar-refractivity contribution in [3.63, 3.8) is 0 Å². The predicted molar refractivity (Wildman–Crippen MR) is 61.1 cm³/mol. The number of amides is 2. The van der Waals surface area contributed by atoms with Crippen LogP contribution in [0.1, 0.15) is 23.6 Å². The molecular formula is C11H14N4O. The molecule has 0 aromatic heterocycles. The number of nitrogens with two attached hydrogens (primary N) is 1. The molecule has 0 bridgehead atoms. The molecule has 1 aliphatic rings. The van der Waals surface area contributed by atoms with Gasteiger partial charge in [-0.2, -0.15) is 0 Å². The number of guanidine groups is 1. The van der Waals surface area contributed by atoms with Crippen LogP contribution in [-0.2, 0) is 6.42 Å². The molecule has 5 nitrogen and oxygen atoms in total. The smallest absolute Gasteiger partial charge is 0.322 e. The number of fused-ring (bicyclic) bond motifs is 1. The molecule has 1 atom stereocenters. The first-order chi connectivity index (χ1) is 7.66. The van der Waals surface area contributed by atoms with Crippen molar-refractivity contribution in [2.24, 2.45) is 5.73 Å². The third-order valence-electron chi connectivity index (χ3n) is 2.69. The summed E-state index contributed by atoms with van der Waals surface area (Å²) in [4.78, 5) is 11.4. The fourth-order valence-corrected chi connectivity index (χ4v) is 2.02. The first kappa shape index (κ1) is 10.5. The first-order valence-corrected chi connectivity index (χ1v) is 5.16. The second-order valence-electron chi connectivity index (χ2n) is 3.80. The predicted octanol–water partition coefficient (Wildman–Crippen LogP) is 0.867. The lowest BCUT2D eigenvalue weighted by Crippen LogP contribution is -2.43. The van der Waals surface area contributed by atoms with Crippen LogP contribution in [0.15, 0.2) is 24.3 Å². The highest BCUT2D eigenvalue weighted by Crippen LogP contribution is 2.30. The Morgan fingerprint density at radius 1 is 1.44 bits per heavy atom. The second-order valence-corrected chi connectivity index (χ2v) is 3.80. The van der Waals surface area contributed by atoms with Gasteiger partial charge in [-0.15, -0.1) is 0 Å². The Morgan fingerprint density at radius 2 is 2.19 bits per heavy atom. The lowest BCUT2D eigenvalue weighted by molar-refractivity contribution is 0.241. The molecule has 2 rings (SSSR count). The first-order valence-electron chi connectivity index (χ1n) is 5.16. The molecule has 1 aliphatic carbocycles. The topological polar surface area (TPSA) is 91.0 Å². The summed E-state index contributed by atoms with van der Waals surface area (Å²) < 4.78 is 0. The summed E-state index contributed by atoms with van der Waals surface area (Å²) in [6.45, 7) is 0. The molecule has 1 aromatic rings. The SMILES string of the molecule is N=C(N)NC(=O)NC1CCc2ccccc21. The number of nitrogens with one attached hydrogen (secondary N) is 3. The minimum Gasteiger partial charge on any atom is -0.370 e. The van der Waals surface area contributed by atoms with E-state index in [4.69, 9.17) is 11.1 Å². The zero-order chi connectivity index (χ0) is 11.5. The highest BCUT2D eigenvalue weighted by molar-refractivity contribution is 5.93. The van der Waals surface area contributed by atoms with E-state index < -0.39 is 6.03 Å². The van der Waals surface area contributed by atoms with Gasteiger partial charge in [0.1, 0.15) is 0 Å². The van der Waals surface area contributed by atoms with Crippen LogP contribution in [-0.4, -0.2) is 12.0 Å². The van der Waals surface area contributed by atoms with E-state index in [1.54, 1.807) is 0 Å². The van der Waals surface area contributed by atoms with E-state index >= 15 is 0 Å². The minimum atomic E-state index is -0.422. The third-order valence-corrected chi connectivity index (χ3v) is 2.69. The van der Waals surface area contributed by atoms with Crippen LogP contribution in [0.2, 0.25) is 0 Å². The highest BCUT2D eigenvalue weighted by atomic mass is 16.2. The van der Waals surface area contributed by atoms with Gasteiger partial charge in [0.2, 0.25) is 0 Å². The van der Waals surface area contributed by atoms with Crippen LogP contribution in [0.3, 0.4) is 0 Å². The molecule has 0 heterocycles. The van der Waals surface area contributed by atoms with Gasteiger partial charge in [-0.3, -0.25) is 10.7 Å². The lowest BCUT2D eigenvalue weighted by atomic mass is 10.1. The number of carbonyl (C=O) groups excluding carboxylic acids is 1. The number of hydrogen-bond donors (Lipinski definition) is 4. The largest absolute Gasteiger partial charge is 0.370 e. The average Bonchev–Trinajstić information content (AvgIpc) is 2.61. The normalized spacial score (nSPS) is 17.6. The summed E-state index contributed by atoms with van der Waals surface area (Å²) >= 11 is 0. The van der Waals surface area contributed by atoms with Crippen molar-refractivity contribution >= 4 is 12.0 Å². The quantitative estimate of drug-likeness (QED) is 0.416. The third kappa shape index (κ3) is 2.13. The molecular weight excluding hydrogens is 204 g/mol. The van der Waals surface area contributed by atoms with Gasteiger partial charge in [0, 0.05) is 0 Å². The summed E-state index contributed by atoms with van der Waals surface area (Å²) in [6, 6.07) is 7.64. The van der Waals surface area contributed by atoms with E-state index in [-0.39, 0.29) is 12.0 Å². The molecule has 0 saturated carbocycles. The van der Waals surface area contributed by atoms with E-state index in [0.717, 1.165) is 18.4 Å². The van der Waals surface area contributed by atoms with Crippen molar-refractivity contribution in [2.45, 2.75) is 18.9 Å². The highest BCUT2D eigenvalue weighted by Gasteiger charge is 2.23. The molecule has 84 valence electrons. The molecule has 0 aliphatic heterocycles.